The van der Waals surface area contributed by atoms with E-state index < -0.39 is 0 Å². The smallest absolute Gasteiger partial charge is 0.273 e. The van der Waals surface area contributed by atoms with E-state index in [1.807, 2.05) is 18.2 Å². The van der Waals surface area contributed by atoms with Crippen molar-refractivity contribution in [2.75, 3.05) is 0 Å². The fourth-order valence-corrected chi connectivity index (χ4v) is 3.34. The number of pyridine rings is 1. The van der Waals surface area contributed by atoms with Crippen molar-refractivity contribution in [2.24, 2.45) is 5.92 Å². The third-order valence-electron chi connectivity index (χ3n) is 4.95. The molecule has 126 valence electrons. The average molecular weight is 327 g/mol. The first-order chi connectivity index (χ1) is 11.7. The third-order valence-corrected chi connectivity index (χ3v) is 4.95. The van der Waals surface area contributed by atoms with E-state index in [0.29, 0.717) is 36.6 Å². The van der Waals surface area contributed by atoms with Gasteiger partial charge in [0.25, 0.3) is 5.91 Å². The van der Waals surface area contributed by atoms with Gasteiger partial charge in [0, 0.05) is 30.3 Å². The van der Waals surface area contributed by atoms with Crippen molar-refractivity contribution < 1.29 is 14.3 Å². The Labute approximate surface area is 140 Å². The monoisotopic (exact) mass is 327 g/mol. The van der Waals surface area contributed by atoms with Gasteiger partial charge in [0.1, 0.15) is 5.76 Å². The lowest BCUT2D eigenvalue weighted by Crippen LogP contribution is -2.48. The number of nitrogens with zero attached hydrogens (tertiary/aromatic N) is 2. The molecule has 2 aromatic rings. The van der Waals surface area contributed by atoms with Gasteiger partial charge in [-0.3, -0.25) is 9.78 Å². The van der Waals surface area contributed by atoms with Crippen LogP contribution in [0.15, 0.2) is 35.2 Å². The number of aliphatic hydroxyl groups excluding tert-OH is 1. The number of oxazole rings is 1. The van der Waals surface area contributed by atoms with Crippen LogP contribution in [0, 0.1) is 5.92 Å². The lowest BCUT2D eigenvalue weighted by atomic mass is 9.76. The zero-order valence-electron chi connectivity index (χ0n) is 13.4. The van der Waals surface area contributed by atoms with Crippen LogP contribution < -0.4 is 5.32 Å². The second kappa shape index (κ2) is 6.36. The van der Waals surface area contributed by atoms with Crippen molar-refractivity contribution in [3.63, 3.8) is 0 Å². The summed E-state index contributed by atoms with van der Waals surface area (Å²) in [5, 5.41) is 12.7. The first-order valence-corrected chi connectivity index (χ1v) is 8.53. The molecular weight excluding hydrogens is 306 g/mol. The van der Waals surface area contributed by atoms with E-state index in [9.17, 15) is 9.90 Å². The van der Waals surface area contributed by atoms with Crippen molar-refractivity contribution in [3.05, 3.63) is 47.9 Å². The van der Waals surface area contributed by atoms with E-state index in [0.717, 1.165) is 18.5 Å². The molecule has 0 saturated heterocycles. The fourth-order valence-electron chi connectivity index (χ4n) is 3.34. The van der Waals surface area contributed by atoms with Gasteiger partial charge in [-0.05, 0) is 43.7 Å². The number of amides is 1. The van der Waals surface area contributed by atoms with E-state index in [-0.39, 0.29) is 24.0 Å². The predicted molar refractivity (Wildman–Crippen MR) is 86.4 cm³/mol. The van der Waals surface area contributed by atoms with Crippen LogP contribution in [0.5, 0.6) is 0 Å². The minimum atomic E-state index is -0.257. The van der Waals surface area contributed by atoms with Crippen molar-refractivity contribution in [1.82, 2.24) is 15.3 Å². The van der Waals surface area contributed by atoms with Crippen LogP contribution in [-0.2, 0) is 6.42 Å². The van der Waals surface area contributed by atoms with Crippen LogP contribution in [0.2, 0.25) is 0 Å². The number of hydrogen-bond acceptors (Lipinski definition) is 5. The first kappa shape index (κ1) is 15.3. The molecule has 0 unspecified atom stereocenters. The maximum absolute atomic E-state index is 12.7. The number of carbonyl (C=O) groups excluding carboxylic acids is 1. The van der Waals surface area contributed by atoms with Crippen molar-refractivity contribution in [2.45, 2.75) is 50.2 Å². The van der Waals surface area contributed by atoms with E-state index in [1.165, 1.54) is 6.39 Å². The summed E-state index contributed by atoms with van der Waals surface area (Å²) in [6, 6.07) is 5.72. The number of carbonyl (C=O) groups is 1. The second-order valence-electron chi connectivity index (χ2n) is 6.83. The van der Waals surface area contributed by atoms with Crippen LogP contribution in [0.4, 0.5) is 0 Å². The molecule has 0 aliphatic heterocycles. The molecule has 0 spiro atoms. The van der Waals surface area contributed by atoms with E-state index in [1.54, 1.807) is 6.20 Å². The Hall–Kier alpha value is -2.21. The standard InChI is InChI=1S/C18H21N3O3/c22-14-7-12(8-14)15(9-13-3-1-2-6-19-13)21-18(23)16-17(11-4-5-11)24-10-20-16/h1-3,6,10-12,14-15,22H,4-5,7-9H2,(H,21,23)/t12?,14?,15-/m0/s1. The van der Waals surface area contributed by atoms with Crippen LogP contribution in [0.3, 0.4) is 0 Å². The lowest BCUT2D eigenvalue weighted by Gasteiger charge is -2.38. The Kier molecular flexibility index (Phi) is 4.06. The Morgan fingerprint density at radius 3 is 2.83 bits per heavy atom. The Morgan fingerprint density at radius 1 is 1.33 bits per heavy atom. The zero-order valence-corrected chi connectivity index (χ0v) is 13.4. The predicted octanol–water partition coefficient (Wildman–Crippen LogP) is 2.06. The highest BCUT2D eigenvalue weighted by molar-refractivity contribution is 5.93. The molecule has 2 fully saturated rings. The molecular formula is C18H21N3O3. The average Bonchev–Trinajstić information content (AvgIpc) is 3.29. The summed E-state index contributed by atoms with van der Waals surface area (Å²) in [5.74, 6) is 1.13. The molecule has 2 aliphatic rings. The summed E-state index contributed by atoms with van der Waals surface area (Å²) < 4.78 is 5.40. The van der Waals surface area contributed by atoms with Gasteiger partial charge in [-0.15, -0.1) is 0 Å². The maximum Gasteiger partial charge on any atom is 0.273 e. The Morgan fingerprint density at radius 2 is 2.17 bits per heavy atom. The Bertz CT molecular complexity index is 705. The molecule has 0 bridgehead atoms. The van der Waals surface area contributed by atoms with Crippen molar-refractivity contribution >= 4 is 5.91 Å². The largest absolute Gasteiger partial charge is 0.447 e. The summed E-state index contributed by atoms with van der Waals surface area (Å²) in [5.41, 5.74) is 1.34. The summed E-state index contributed by atoms with van der Waals surface area (Å²) in [7, 11) is 0. The molecule has 0 radical (unpaired) electrons. The van der Waals surface area contributed by atoms with Gasteiger partial charge in [0.05, 0.1) is 6.10 Å². The summed E-state index contributed by atoms with van der Waals surface area (Å²) in [4.78, 5) is 21.1. The molecule has 24 heavy (non-hydrogen) atoms. The van der Waals surface area contributed by atoms with Gasteiger partial charge in [-0.25, -0.2) is 4.98 Å². The summed E-state index contributed by atoms with van der Waals surface area (Å²) in [6.45, 7) is 0. The van der Waals surface area contributed by atoms with E-state index in [4.69, 9.17) is 4.42 Å². The molecule has 2 N–H and O–H groups in total. The lowest BCUT2D eigenvalue weighted by molar-refractivity contribution is 0.0237. The normalized spacial score (nSPS) is 24.2. The first-order valence-electron chi connectivity index (χ1n) is 8.53. The van der Waals surface area contributed by atoms with Gasteiger partial charge in [-0.1, -0.05) is 6.07 Å². The summed E-state index contributed by atoms with van der Waals surface area (Å²) in [6.07, 6.45) is 7.05. The number of aromatic nitrogens is 2. The zero-order chi connectivity index (χ0) is 16.5. The summed E-state index contributed by atoms with van der Waals surface area (Å²) >= 11 is 0. The van der Waals surface area contributed by atoms with Gasteiger partial charge < -0.3 is 14.8 Å². The molecule has 2 aliphatic carbocycles. The number of rotatable bonds is 6. The number of aliphatic hydroxyl groups is 1. The van der Waals surface area contributed by atoms with Crippen molar-refractivity contribution in [1.29, 1.82) is 0 Å². The van der Waals surface area contributed by atoms with Gasteiger partial charge >= 0.3 is 0 Å². The molecule has 2 heterocycles. The number of hydrogen-bond donors (Lipinski definition) is 2. The second-order valence-corrected chi connectivity index (χ2v) is 6.83. The van der Waals surface area contributed by atoms with E-state index in [2.05, 4.69) is 15.3 Å². The van der Waals surface area contributed by atoms with Crippen LogP contribution in [0.1, 0.15) is 53.5 Å². The SMILES string of the molecule is O=C(N[C@@H](Cc1ccccn1)C1CC(O)C1)c1ncoc1C1CC1. The van der Waals surface area contributed by atoms with Gasteiger partial charge in [-0.2, -0.15) is 0 Å². The topological polar surface area (TPSA) is 88.2 Å². The van der Waals surface area contributed by atoms with Gasteiger partial charge in [0.15, 0.2) is 12.1 Å². The molecule has 0 aromatic carbocycles. The minimum Gasteiger partial charge on any atom is -0.447 e. The molecule has 2 saturated carbocycles. The molecule has 1 atom stereocenters. The van der Waals surface area contributed by atoms with Crippen LogP contribution in [-0.4, -0.2) is 33.1 Å². The van der Waals surface area contributed by atoms with E-state index >= 15 is 0 Å². The molecule has 6 nitrogen and oxygen atoms in total. The van der Waals surface area contributed by atoms with Crippen molar-refractivity contribution in [3.8, 4) is 0 Å². The fraction of sp³-hybridized carbons (Fsp3) is 0.500. The highest BCUT2D eigenvalue weighted by Gasteiger charge is 2.37. The molecule has 6 heteroatoms. The highest BCUT2D eigenvalue weighted by Crippen LogP contribution is 2.41. The van der Waals surface area contributed by atoms with Crippen LogP contribution in [0.25, 0.3) is 0 Å². The maximum atomic E-state index is 12.7. The minimum absolute atomic E-state index is 0.0560. The molecule has 2 aromatic heterocycles. The van der Waals surface area contributed by atoms with Gasteiger partial charge in [0.2, 0.25) is 0 Å². The van der Waals surface area contributed by atoms with Crippen LogP contribution >= 0.6 is 0 Å². The molecule has 1 amide bonds. The highest BCUT2D eigenvalue weighted by atomic mass is 16.3. The molecule has 4 rings (SSSR count). The third kappa shape index (κ3) is 3.19. The quantitative estimate of drug-likeness (QED) is 0.848. The number of nitrogens with one attached hydrogen (secondary N) is 1. The Balaban J connectivity index is 1.48.